The van der Waals surface area contributed by atoms with Crippen LogP contribution in [0.5, 0.6) is 0 Å². The van der Waals surface area contributed by atoms with E-state index in [0.29, 0.717) is 17.8 Å². The van der Waals surface area contributed by atoms with Crippen LogP contribution >= 0.6 is 11.6 Å². The number of benzene rings is 2. The lowest BCUT2D eigenvalue weighted by Gasteiger charge is -2.38. The smallest absolute Gasteiger partial charge is 0.338 e. The summed E-state index contributed by atoms with van der Waals surface area (Å²) in [5, 5.41) is 6.47. The highest BCUT2D eigenvalue weighted by atomic mass is 35.5. The number of amides is 2. The maximum absolute atomic E-state index is 12.9. The average Bonchev–Trinajstić information content (AvgIpc) is 2.80. The van der Waals surface area contributed by atoms with Crippen molar-refractivity contribution in [2.75, 3.05) is 44.2 Å². The number of hydrogen-bond acceptors (Lipinski definition) is 5. The lowest BCUT2D eigenvalue weighted by atomic mass is 9.95. The lowest BCUT2D eigenvalue weighted by molar-refractivity contribution is -0.139. The SMILES string of the molecule is CCOC(=O)C1=C(CN2CCN(c3ccccc3Cl)CC2)NC(=O)NC1c1ccccc1. The lowest BCUT2D eigenvalue weighted by Crippen LogP contribution is -2.51. The van der Waals surface area contributed by atoms with Crippen LogP contribution < -0.4 is 15.5 Å². The molecule has 8 heteroatoms. The molecule has 0 bridgehead atoms. The van der Waals surface area contributed by atoms with Crippen molar-refractivity contribution in [2.45, 2.75) is 13.0 Å². The molecule has 2 aromatic rings. The number of piperazine rings is 1. The number of ether oxygens (including phenoxy) is 1. The number of para-hydroxylation sites is 1. The normalized spacial score (nSPS) is 19.4. The monoisotopic (exact) mass is 454 g/mol. The molecule has 1 atom stereocenters. The standard InChI is InChI=1S/C24H27ClN4O3/c1-2-32-23(30)21-19(26-24(31)27-22(21)17-8-4-3-5-9-17)16-28-12-14-29(15-13-28)20-11-7-6-10-18(20)25/h3-11,22H,2,12-16H2,1H3,(H2,26,27,31). The van der Waals surface area contributed by atoms with E-state index >= 15 is 0 Å². The van der Waals surface area contributed by atoms with Crippen LogP contribution in [-0.4, -0.2) is 56.2 Å². The van der Waals surface area contributed by atoms with Gasteiger partial charge in [-0.15, -0.1) is 0 Å². The predicted octanol–water partition coefficient (Wildman–Crippen LogP) is 3.33. The third-order valence-corrected chi connectivity index (χ3v) is 6.05. The van der Waals surface area contributed by atoms with Gasteiger partial charge in [0.25, 0.3) is 0 Å². The number of halogens is 1. The Hall–Kier alpha value is -3.03. The zero-order valence-electron chi connectivity index (χ0n) is 18.0. The molecule has 2 N–H and O–H groups in total. The number of hydrogen-bond donors (Lipinski definition) is 2. The molecule has 168 valence electrons. The minimum absolute atomic E-state index is 0.265. The summed E-state index contributed by atoms with van der Waals surface area (Å²) in [4.78, 5) is 29.8. The van der Waals surface area contributed by atoms with Crippen molar-refractivity contribution in [2.24, 2.45) is 0 Å². The third-order valence-electron chi connectivity index (χ3n) is 5.73. The van der Waals surface area contributed by atoms with Crippen molar-refractivity contribution in [3.05, 3.63) is 76.5 Å². The fourth-order valence-electron chi connectivity index (χ4n) is 4.17. The first kappa shape index (κ1) is 22.2. The van der Waals surface area contributed by atoms with Crippen LogP contribution in [0.3, 0.4) is 0 Å². The molecule has 0 radical (unpaired) electrons. The molecule has 2 aliphatic rings. The van der Waals surface area contributed by atoms with Crippen molar-refractivity contribution in [1.82, 2.24) is 15.5 Å². The minimum atomic E-state index is -0.552. The third kappa shape index (κ3) is 4.89. The topological polar surface area (TPSA) is 73.9 Å². The summed E-state index contributed by atoms with van der Waals surface area (Å²) in [6, 6.07) is 16.4. The maximum atomic E-state index is 12.9. The Morgan fingerprint density at radius 1 is 1.06 bits per heavy atom. The molecule has 0 spiro atoms. The first-order chi connectivity index (χ1) is 15.6. The number of nitrogens with zero attached hydrogens (tertiary/aromatic N) is 2. The van der Waals surface area contributed by atoms with Gasteiger partial charge in [0, 0.05) is 38.4 Å². The molecule has 0 aromatic heterocycles. The number of nitrogens with one attached hydrogen (secondary N) is 2. The second-order valence-electron chi connectivity index (χ2n) is 7.77. The van der Waals surface area contributed by atoms with Crippen LogP contribution in [-0.2, 0) is 9.53 Å². The quantitative estimate of drug-likeness (QED) is 0.655. The Balaban J connectivity index is 1.55. The highest BCUT2D eigenvalue weighted by molar-refractivity contribution is 6.33. The molecule has 1 unspecified atom stereocenters. The first-order valence-electron chi connectivity index (χ1n) is 10.8. The largest absolute Gasteiger partial charge is 0.463 e. The summed E-state index contributed by atoms with van der Waals surface area (Å²) in [5.41, 5.74) is 2.91. The number of urea groups is 1. The van der Waals surface area contributed by atoms with Crippen LogP contribution in [0, 0.1) is 0 Å². The van der Waals surface area contributed by atoms with E-state index in [-0.39, 0.29) is 12.6 Å². The van der Waals surface area contributed by atoms with Crippen molar-refractivity contribution < 1.29 is 14.3 Å². The highest BCUT2D eigenvalue weighted by Gasteiger charge is 2.34. The molecule has 32 heavy (non-hydrogen) atoms. The molecule has 0 saturated carbocycles. The van der Waals surface area contributed by atoms with Crippen molar-refractivity contribution in [3.8, 4) is 0 Å². The van der Waals surface area contributed by atoms with Crippen molar-refractivity contribution in [1.29, 1.82) is 0 Å². The zero-order chi connectivity index (χ0) is 22.5. The summed E-state index contributed by atoms with van der Waals surface area (Å²) in [5.74, 6) is -0.418. The van der Waals surface area contributed by atoms with Crippen LogP contribution in [0.15, 0.2) is 65.9 Å². The molecular formula is C24H27ClN4O3. The fourth-order valence-corrected chi connectivity index (χ4v) is 4.42. The van der Waals surface area contributed by atoms with Crippen LogP contribution in [0.25, 0.3) is 0 Å². The van der Waals surface area contributed by atoms with Crippen LogP contribution in [0.2, 0.25) is 5.02 Å². The Labute approximate surface area is 193 Å². The average molecular weight is 455 g/mol. The Kier molecular flexibility index (Phi) is 6.97. The van der Waals surface area contributed by atoms with E-state index in [9.17, 15) is 9.59 Å². The first-order valence-corrected chi connectivity index (χ1v) is 11.2. The van der Waals surface area contributed by atoms with Crippen LogP contribution in [0.1, 0.15) is 18.5 Å². The van der Waals surface area contributed by atoms with Gasteiger partial charge in [-0.3, -0.25) is 4.90 Å². The Morgan fingerprint density at radius 2 is 1.75 bits per heavy atom. The van der Waals surface area contributed by atoms with Gasteiger partial charge in [-0.2, -0.15) is 0 Å². The summed E-state index contributed by atoms with van der Waals surface area (Å²) < 4.78 is 5.35. The highest BCUT2D eigenvalue weighted by Crippen LogP contribution is 2.29. The molecule has 2 aliphatic heterocycles. The second kappa shape index (κ2) is 10.1. The van der Waals surface area contributed by atoms with Gasteiger partial charge in [0.05, 0.1) is 28.9 Å². The molecule has 2 heterocycles. The molecule has 0 aliphatic carbocycles. The minimum Gasteiger partial charge on any atom is -0.463 e. The van der Waals surface area contributed by atoms with Gasteiger partial charge >= 0.3 is 12.0 Å². The zero-order valence-corrected chi connectivity index (χ0v) is 18.8. The number of rotatable bonds is 6. The second-order valence-corrected chi connectivity index (χ2v) is 8.18. The van der Waals surface area contributed by atoms with Crippen LogP contribution in [0.4, 0.5) is 10.5 Å². The van der Waals surface area contributed by atoms with E-state index in [2.05, 4.69) is 20.4 Å². The predicted molar refractivity (Wildman–Crippen MR) is 125 cm³/mol. The van der Waals surface area contributed by atoms with Crippen molar-refractivity contribution >= 4 is 29.3 Å². The Bertz CT molecular complexity index is 1000. The number of esters is 1. The van der Waals surface area contributed by atoms with Gasteiger partial charge in [0.1, 0.15) is 0 Å². The van der Waals surface area contributed by atoms with Crippen molar-refractivity contribution in [3.63, 3.8) is 0 Å². The van der Waals surface area contributed by atoms with E-state index in [1.807, 2.05) is 54.6 Å². The van der Waals surface area contributed by atoms with E-state index in [1.165, 1.54) is 0 Å². The fraction of sp³-hybridized carbons (Fsp3) is 0.333. The molecule has 1 fully saturated rings. The van der Waals surface area contributed by atoms with E-state index in [1.54, 1.807) is 6.92 Å². The van der Waals surface area contributed by atoms with Gasteiger partial charge in [0.15, 0.2) is 0 Å². The molecule has 2 amide bonds. The molecule has 1 saturated heterocycles. The maximum Gasteiger partial charge on any atom is 0.338 e. The summed E-state index contributed by atoms with van der Waals surface area (Å²) >= 11 is 6.36. The summed E-state index contributed by atoms with van der Waals surface area (Å²) in [6.07, 6.45) is 0. The van der Waals surface area contributed by atoms with E-state index in [0.717, 1.165) is 42.5 Å². The molecule has 7 nitrogen and oxygen atoms in total. The van der Waals surface area contributed by atoms with Gasteiger partial charge in [-0.25, -0.2) is 9.59 Å². The molecule has 2 aromatic carbocycles. The van der Waals surface area contributed by atoms with Gasteiger partial charge < -0.3 is 20.3 Å². The van der Waals surface area contributed by atoms with Gasteiger partial charge in [-0.05, 0) is 24.6 Å². The van der Waals surface area contributed by atoms with Gasteiger partial charge in [0.2, 0.25) is 0 Å². The molecule has 4 rings (SSSR count). The number of carbonyl (C=O) groups is 2. The summed E-state index contributed by atoms with van der Waals surface area (Å²) in [7, 11) is 0. The number of anilines is 1. The molecular weight excluding hydrogens is 428 g/mol. The van der Waals surface area contributed by atoms with E-state index < -0.39 is 12.0 Å². The van der Waals surface area contributed by atoms with E-state index in [4.69, 9.17) is 16.3 Å². The summed E-state index contributed by atoms with van der Waals surface area (Å²) in [6.45, 7) is 5.68. The Morgan fingerprint density at radius 3 is 2.44 bits per heavy atom. The number of carbonyl (C=O) groups excluding carboxylic acids is 2. The van der Waals surface area contributed by atoms with Gasteiger partial charge in [-0.1, -0.05) is 54.1 Å².